The number of nitrogens with two attached hydrogens (primary N) is 1. The van der Waals surface area contributed by atoms with Gasteiger partial charge in [-0.2, -0.15) is 0 Å². The van der Waals surface area contributed by atoms with E-state index >= 15 is 0 Å². The molecule has 3 heteroatoms. The highest BCUT2D eigenvalue weighted by Crippen LogP contribution is 2.18. The van der Waals surface area contributed by atoms with Crippen molar-refractivity contribution in [3.05, 3.63) is 0 Å². The quantitative estimate of drug-likeness (QED) is 0.468. The molecular formula is C4H11NS2. The minimum absolute atomic E-state index is 0.803. The van der Waals surface area contributed by atoms with Gasteiger partial charge in [0.2, 0.25) is 0 Å². The molecule has 0 amide bonds. The number of hydrogen-bond donors (Lipinski definition) is 1. The van der Waals surface area contributed by atoms with Crippen LogP contribution in [0.2, 0.25) is 0 Å². The van der Waals surface area contributed by atoms with Crippen LogP contribution in [-0.4, -0.2) is 18.1 Å². The zero-order valence-corrected chi connectivity index (χ0v) is 6.15. The lowest BCUT2D eigenvalue weighted by Crippen LogP contribution is -1.99. The molecule has 0 saturated heterocycles. The van der Waals surface area contributed by atoms with Crippen molar-refractivity contribution in [1.82, 2.24) is 0 Å². The van der Waals surface area contributed by atoms with E-state index in [0.29, 0.717) is 0 Å². The summed E-state index contributed by atoms with van der Waals surface area (Å²) in [4.78, 5) is 0. The predicted molar refractivity (Wildman–Crippen MR) is 39.6 cm³/mol. The molecule has 44 valence electrons. The molecule has 7 heavy (non-hydrogen) atoms. The molecule has 0 aliphatic heterocycles. The largest absolute Gasteiger partial charge is 0.330 e. The Morgan fingerprint density at radius 2 is 2.14 bits per heavy atom. The first-order chi connectivity index (χ1) is 3.41. The summed E-state index contributed by atoms with van der Waals surface area (Å²) in [5.74, 6) is 2.27. The Hall–Kier alpha value is 0.660. The van der Waals surface area contributed by atoms with E-state index in [4.69, 9.17) is 5.73 Å². The second-order valence-corrected chi connectivity index (χ2v) is 3.89. The Morgan fingerprint density at radius 1 is 1.43 bits per heavy atom. The van der Waals surface area contributed by atoms with Crippen molar-refractivity contribution < 1.29 is 0 Å². The van der Waals surface area contributed by atoms with Crippen LogP contribution in [0, 0.1) is 0 Å². The molecule has 0 radical (unpaired) electrons. The fourth-order valence-electron chi connectivity index (χ4n) is 0.190. The van der Waals surface area contributed by atoms with E-state index in [-0.39, 0.29) is 0 Å². The summed E-state index contributed by atoms with van der Waals surface area (Å²) < 4.78 is 0. The van der Waals surface area contributed by atoms with E-state index in [1.807, 2.05) is 21.6 Å². The van der Waals surface area contributed by atoms with Crippen LogP contribution in [0.25, 0.3) is 0 Å². The molecule has 2 N–H and O–H groups in total. The normalized spacial score (nSPS) is 9.43. The monoisotopic (exact) mass is 137 g/mol. The fraction of sp³-hybridized carbons (Fsp3) is 1.00. The fourth-order valence-corrected chi connectivity index (χ4v) is 1.71. The van der Waals surface area contributed by atoms with E-state index in [0.717, 1.165) is 12.3 Å². The topological polar surface area (TPSA) is 26.0 Å². The lowest BCUT2D eigenvalue weighted by Gasteiger charge is -1.90. The van der Waals surface area contributed by atoms with Gasteiger partial charge in [0.25, 0.3) is 0 Å². The molecule has 0 aromatic carbocycles. The first-order valence-corrected chi connectivity index (χ1v) is 4.85. The summed E-state index contributed by atoms with van der Waals surface area (Å²) >= 11 is 0. The highest BCUT2D eigenvalue weighted by Gasteiger charge is 1.80. The van der Waals surface area contributed by atoms with Crippen LogP contribution in [0.1, 0.15) is 6.92 Å². The Kier molecular flexibility index (Phi) is 7.29. The van der Waals surface area contributed by atoms with Gasteiger partial charge in [0.05, 0.1) is 0 Å². The maximum Gasteiger partial charge on any atom is 0.0160 e. The van der Waals surface area contributed by atoms with E-state index in [1.54, 1.807) is 0 Å². The van der Waals surface area contributed by atoms with Crippen LogP contribution in [0.5, 0.6) is 0 Å². The molecule has 0 aromatic heterocycles. The summed E-state index contributed by atoms with van der Waals surface area (Å²) in [6.45, 7) is 2.95. The highest BCUT2D eigenvalue weighted by molar-refractivity contribution is 8.76. The smallest absolute Gasteiger partial charge is 0.0160 e. The molecule has 0 aromatic rings. The van der Waals surface area contributed by atoms with E-state index in [2.05, 4.69) is 6.92 Å². The van der Waals surface area contributed by atoms with Gasteiger partial charge in [-0.15, -0.1) is 0 Å². The molecule has 0 atom stereocenters. The summed E-state index contributed by atoms with van der Waals surface area (Å²) in [5.41, 5.74) is 5.24. The van der Waals surface area contributed by atoms with Gasteiger partial charge in [-0.1, -0.05) is 28.5 Å². The van der Waals surface area contributed by atoms with Crippen LogP contribution in [-0.2, 0) is 0 Å². The van der Waals surface area contributed by atoms with Crippen molar-refractivity contribution in [2.24, 2.45) is 5.73 Å². The van der Waals surface area contributed by atoms with Crippen molar-refractivity contribution in [2.75, 3.05) is 18.1 Å². The van der Waals surface area contributed by atoms with Gasteiger partial charge in [0.1, 0.15) is 0 Å². The summed E-state index contributed by atoms with van der Waals surface area (Å²) in [6, 6.07) is 0. The van der Waals surface area contributed by atoms with E-state index in [1.165, 1.54) is 5.75 Å². The Labute approximate surface area is 52.8 Å². The maximum absolute atomic E-state index is 5.24. The number of rotatable bonds is 4. The standard InChI is InChI=1S/C4H11NS2/c1-2-6-7-4-3-5/h2-5H2,1H3. The molecule has 0 heterocycles. The molecule has 0 rings (SSSR count). The summed E-state index contributed by atoms with van der Waals surface area (Å²) in [5, 5.41) is 0. The van der Waals surface area contributed by atoms with Crippen LogP contribution in [0.15, 0.2) is 0 Å². The van der Waals surface area contributed by atoms with E-state index < -0.39 is 0 Å². The minimum atomic E-state index is 0.803. The Morgan fingerprint density at radius 3 is 2.57 bits per heavy atom. The van der Waals surface area contributed by atoms with Crippen LogP contribution in [0.4, 0.5) is 0 Å². The third kappa shape index (κ3) is 6.66. The average molecular weight is 137 g/mol. The SMILES string of the molecule is CCSSCCN. The number of hydrogen-bond acceptors (Lipinski definition) is 3. The second kappa shape index (κ2) is 6.66. The summed E-state index contributed by atoms with van der Waals surface area (Å²) in [7, 11) is 3.71. The van der Waals surface area contributed by atoms with Crippen molar-refractivity contribution >= 4 is 21.6 Å². The average Bonchev–Trinajstić information content (AvgIpc) is 1.69. The molecule has 0 bridgehead atoms. The van der Waals surface area contributed by atoms with Crippen LogP contribution < -0.4 is 5.73 Å². The summed E-state index contributed by atoms with van der Waals surface area (Å²) in [6.07, 6.45) is 0. The molecule has 0 fully saturated rings. The van der Waals surface area contributed by atoms with E-state index in [9.17, 15) is 0 Å². The molecular weight excluding hydrogens is 126 g/mol. The molecule has 1 nitrogen and oxygen atoms in total. The maximum atomic E-state index is 5.24. The predicted octanol–water partition coefficient (Wildman–Crippen LogP) is 1.35. The first kappa shape index (κ1) is 7.66. The third-order valence-corrected chi connectivity index (χ3v) is 2.91. The Bertz CT molecular complexity index is 28.9. The highest BCUT2D eigenvalue weighted by atomic mass is 33.1. The zero-order valence-electron chi connectivity index (χ0n) is 4.52. The second-order valence-electron chi connectivity index (χ2n) is 1.02. The molecule has 0 aliphatic rings. The molecule has 0 spiro atoms. The van der Waals surface area contributed by atoms with Crippen molar-refractivity contribution in [3.63, 3.8) is 0 Å². The van der Waals surface area contributed by atoms with Gasteiger partial charge in [0, 0.05) is 18.1 Å². The van der Waals surface area contributed by atoms with Crippen molar-refractivity contribution in [1.29, 1.82) is 0 Å². The molecule has 0 saturated carbocycles. The van der Waals surface area contributed by atoms with Crippen molar-refractivity contribution in [3.8, 4) is 0 Å². The van der Waals surface area contributed by atoms with Gasteiger partial charge in [-0.05, 0) is 0 Å². The third-order valence-electron chi connectivity index (χ3n) is 0.402. The first-order valence-electron chi connectivity index (χ1n) is 2.36. The zero-order chi connectivity index (χ0) is 5.54. The van der Waals surface area contributed by atoms with Gasteiger partial charge in [0.15, 0.2) is 0 Å². The van der Waals surface area contributed by atoms with Gasteiger partial charge >= 0.3 is 0 Å². The van der Waals surface area contributed by atoms with Crippen LogP contribution >= 0.6 is 21.6 Å². The molecule has 0 unspecified atom stereocenters. The lowest BCUT2D eigenvalue weighted by molar-refractivity contribution is 1.16. The van der Waals surface area contributed by atoms with Crippen molar-refractivity contribution in [2.45, 2.75) is 6.92 Å². The molecule has 0 aliphatic carbocycles. The lowest BCUT2D eigenvalue weighted by atomic mass is 10.8. The van der Waals surface area contributed by atoms with Gasteiger partial charge < -0.3 is 5.73 Å². The van der Waals surface area contributed by atoms with Crippen LogP contribution in [0.3, 0.4) is 0 Å². The Balaban J connectivity index is 2.45. The van der Waals surface area contributed by atoms with Gasteiger partial charge in [-0.25, -0.2) is 0 Å². The minimum Gasteiger partial charge on any atom is -0.330 e. The van der Waals surface area contributed by atoms with Gasteiger partial charge in [-0.3, -0.25) is 0 Å².